The summed E-state index contributed by atoms with van der Waals surface area (Å²) < 4.78 is 11.1. The van der Waals surface area contributed by atoms with E-state index < -0.39 is 0 Å². The minimum Gasteiger partial charge on any atom is -0.469 e. The molecule has 0 bridgehead atoms. The first kappa shape index (κ1) is 19.4. The lowest BCUT2D eigenvalue weighted by Gasteiger charge is -2.30. The molecule has 1 saturated heterocycles. The summed E-state index contributed by atoms with van der Waals surface area (Å²) in [6.07, 6.45) is 3.69. The average Bonchev–Trinajstić information content (AvgIpc) is 3.40. The second-order valence-electron chi connectivity index (χ2n) is 7.61. The molecule has 2 N–H and O–H groups in total. The van der Waals surface area contributed by atoms with Crippen molar-refractivity contribution in [2.24, 2.45) is 11.8 Å². The second-order valence-corrected chi connectivity index (χ2v) is 7.61. The molecule has 1 unspecified atom stereocenters. The summed E-state index contributed by atoms with van der Waals surface area (Å²) in [7, 11) is 0. The van der Waals surface area contributed by atoms with Crippen LogP contribution >= 0.6 is 0 Å². The summed E-state index contributed by atoms with van der Waals surface area (Å²) >= 11 is 0. The van der Waals surface area contributed by atoms with Gasteiger partial charge in [0, 0.05) is 50.2 Å². The smallest absolute Gasteiger partial charge is 0.299 e. The molecule has 8 heteroatoms. The fraction of sp³-hybridized carbons (Fsp3) is 0.476. The molecule has 0 radical (unpaired) electrons. The van der Waals surface area contributed by atoms with Crippen molar-refractivity contribution in [1.82, 2.24) is 15.3 Å². The fourth-order valence-electron chi connectivity index (χ4n) is 3.67. The van der Waals surface area contributed by atoms with Crippen molar-refractivity contribution in [3.8, 4) is 0 Å². The number of furan rings is 1. The summed E-state index contributed by atoms with van der Waals surface area (Å²) in [6.45, 7) is 3.78. The number of carbonyl (C=O) groups excluding carboxylic acids is 1. The number of oxazole rings is 1. The van der Waals surface area contributed by atoms with E-state index >= 15 is 0 Å². The molecule has 1 aliphatic rings. The molecule has 0 aliphatic carbocycles. The van der Waals surface area contributed by atoms with Gasteiger partial charge in [-0.25, -0.2) is 4.98 Å². The second kappa shape index (κ2) is 8.65. The van der Waals surface area contributed by atoms with Gasteiger partial charge in [-0.05, 0) is 44.0 Å². The number of aliphatic hydroxyl groups excluding tert-OH is 1. The molecule has 154 valence electrons. The fourth-order valence-corrected chi connectivity index (χ4v) is 3.67. The predicted molar refractivity (Wildman–Crippen MR) is 107 cm³/mol. The zero-order valence-electron chi connectivity index (χ0n) is 16.5. The van der Waals surface area contributed by atoms with Crippen molar-refractivity contribution in [2.45, 2.75) is 26.2 Å². The number of rotatable bonds is 7. The Morgan fingerprint density at radius 1 is 1.31 bits per heavy atom. The largest absolute Gasteiger partial charge is 0.469 e. The first-order valence-electron chi connectivity index (χ1n) is 10.0. The number of piperidine rings is 1. The van der Waals surface area contributed by atoms with Gasteiger partial charge in [0.25, 0.3) is 6.01 Å². The summed E-state index contributed by atoms with van der Waals surface area (Å²) in [5, 5.41) is 12.6. The third kappa shape index (κ3) is 4.59. The molecule has 8 nitrogen and oxygen atoms in total. The Morgan fingerprint density at radius 3 is 2.86 bits per heavy atom. The Balaban J connectivity index is 1.27. The zero-order chi connectivity index (χ0) is 20.2. The molecule has 3 aromatic rings. The number of anilines is 1. The van der Waals surface area contributed by atoms with Crippen molar-refractivity contribution in [3.63, 3.8) is 0 Å². The topological polar surface area (TPSA) is 105 Å². The molecule has 1 atom stereocenters. The van der Waals surface area contributed by atoms with Crippen LogP contribution in [0, 0.1) is 18.8 Å². The zero-order valence-corrected chi connectivity index (χ0v) is 16.5. The van der Waals surface area contributed by atoms with Crippen LogP contribution in [0.2, 0.25) is 0 Å². The first-order chi connectivity index (χ1) is 14.1. The minimum absolute atomic E-state index is 0.00462. The van der Waals surface area contributed by atoms with Crippen LogP contribution in [0.25, 0.3) is 11.2 Å². The molecule has 1 fully saturated rings. The van der Waals surface area contributed by atoms with Crippen LogP contribution in [-0.2, 0) is 11.2 Å². The van der Waals surface area contributed by atoms with Gasteiger partial charge in [-0.2, -0.15) is 4.98 Å². The highest BCUT2D eigenvalue weighted by atomic mass is 16.4. The average molecular weight is 398 g/mol. The number of hydrogen-bond donors (Lipinski definition) is 2. The highest BCUT2D eigenvalue weighted by molar-refractivity contribution is 5.79. The van der Waals surface area contributed by atoms with Crippen LogP contribution in [0.1, 0.15) is 24.3 Å². The van der Waals surface area contributed by atoms with E-state index in [1.54, 1.807) is 6.26 Å². The lowest BCUT2D eigenvalue weighted by atomic mass is 9.95. The van der Waals surface area contributed by atoms with Crippen LogP contribution in [0.4, 0.5) is 6.01 Å². The van der Waals surface area contributed by atoms with E-state index in [-0.39, 0.29) is 24.3 Å². The van der Waals surface area contributed by atoms with Crippen molar-refractivity contribution >= 4 is 23.2 Å². The normalized spacial score (nSPS) is 16.3. The SMILES string of the molecule is Cc1ccc2oc(N3CCC(C(=O)NCC(CO)Cc4ccco4)CC3)nc2n1. The number of carbonyl (C=O) groups is 1. The van der Waals surface area contributed by atoms with Gasteiger partial charge in [0.05, 0.1) is 6.26 Å². The van der Waals surface area contributed by atoms with Crippen molar-refractivity contribution < 1.29 is 18.7 Å². The molecule has 4 heterocycles. The minimum atomic E-state index is -0.0547. The molecule has 1 amide bonds. The van der Waals surface area contributed by atoms with Gasteiger partial charge in [0.1, 0.15) is 5.76 Å². The Morgan fingerprint density at radius 2 is 2.14 bits per heavy atom. The van der Waals surface area contributed by atoms with E-state index in [2.05, 4.69) is 20.2 Å². The summed E-state index contributed by atoms with van der Waals surface area (Å²) in [6, 6.07) is 8.05. The maximum atomic E-state index is 12.6. The van der Waals surface area contributed by atoms with Crippen molar-refractivity contribution in [1.29, 1.82) is 0 Å². The van der Waals surface area contributed by atoms with E-state index in [0.717, 1.165) is 24.3 Å². The van der Waals surface area contributed by atoms with E-state index in [1.807, 2.05) is 31.2 Å². The van der Waals surface area contributed by atoms with Gasteiger partial charge in [-0.15, -0.1) is 0 Å². The number of hydrogen-bond acceptors (Lipinski definition) is 7. The van der Waals surface area contributed by atoms with Gasteiger partial charge in [-0.3, -0.25) is 4.79 Å². The molecule has 3 aromatic heterocycles. The Kier molecular flexibility index (Phi) is 5.80. The molecule has 0 saturated carbocycles. The van der Waals surface area contributed by atoms with Crippen LogP contribution in [0.15, 0.2) is 39.4 Å². The van der Waals surface area contributed by atoms with Gasteiger partial charge in [-0.1, -0.05) is 0 Å². The van der Waals surface area contributed by atoms with Crippen LogP contribution in [0.3, 0.4) is 0 Å². The van der Waals surface area contributed by atoms with E-state index in [9.17, 15) is 9.90 Å². The van der Waals surface area contributed by atoms with Crippen LogP contribution in [0.5, 0.6) is 0 Å². The predicted octanol–water partition coefficient (Wildman–Crippen LogP) is 2.31. The van der Waals surface area contributed by atoms with E-state index in [1.165, 1.54) is 0 Å². The van der Waals surface area contributed by atoms with Gasteiger partial charge in [0.2, 0.25) is 11.6 Å². The molecule has 0 aromatic carbocycles. The Bertz CT molecular complexity index is 945. The monoisotopic (exact) mass is 398 g/mol. The maximum absolute atomic E-state index is 12.6. The molecule has 29 heavy (non-hydrogen) atoms. The number of amides is 1. The molecule has 4 rings (SSSR count). The van der Waals surface area contributed by atoms with Crippen molar-refractivity contribution in [2.75, 3.05) is 31.1 Å². The quantitative estimate of drug-likeness (QED) is 0.629. The standard InChI is InChI=1S/C21H26N4O4/c1-14-4-5-18-19(23-14)24-21(29-18)25-8-6-16(7-9-25)20(27)22-12-15(13-26)11-17-3-2-10-28-17/h2-5,10,15-16,26H,6-9,11-13H2,1H3,(H,22,27). The number of aliphatic hydroxyl groups is 1. The third-order valence-electron chi connectivity index (χ3n) is 5.41. The number of pyridine rings is 1. The molecular formula is C21H26N4O4. The molecule has 0 spiro atoms. The highest BCUT2D eigenvalue weighted by Crippen LogP contribution is 2.26. The number of fused-ring (bicyclic) bond motifs is 1. The Hall–Kier alpha value is -2.87. The van der Waals surface area contributed by atoms with Crippen LogP contribution in [-0.4, -0.2) is 47.2 Å². The third-order valence-corrected chi connectivity index (χ3v) is 5.41. The van der Waals surface area contributed by atoms with E-state index in [4.69, 9.17) is 8.83 Å². The van der Waals surface area contributed by atoms with E-state index in [0.29, 0.717) is 43.3 Å². The van der Waals surface area contributed by atoms with Gasteiger partial charge < -0.3 is 24.2 Å². The number of aromatic nitrogens is 2. The summed E-state index contributed by atoms with van der Waals surface area (Å²) in [5.74, 6) is 0.756. The van der Waals surface area contributed by atoms with Crippen LogP contribution < -0.4 is 10.2 Å². The lowest BCUT2D eigenvalue weighted by Crippen LogP contribution is -2.42. The summed E-state index contributed by atoms with van der Waals surface area (Å²) in [4.78, 5) is 23.5. The molecule has 1 aliphatic heterocycles. The number of nitrogens with one attached hydrogen (secondary N) is 1. The maximum Gasteiger partial charge on any atom is 0.299 e. The lowest BCUT2D eigenvalue weighted by molar-refractivity contribution is -0.125. The Labute approximate surface area is 168 Å². The molecular weight excluding hydrogens is 372 g/mol. The highest BCUT2D eigenvalue weighted by Gasteiger charge is 2.27. The van der Waals surface area contributed by atoms with Crippen molar-refractivity contribution in [3.05, 3.63) is 42.0 Å². The number of nitrogens with zero attached hydrogens (tertiary/aromatic N) is 3. The van der Waals surface area contributed by atoms with Gasteiger partial charge >= 0.3 is 0 Å². The first-order valence-corrected chi connectivity index (χ1v) is 10.0. The number of aryl methyl sites for hydroxylation is 1. The van der Waals surface area contributed by atoms with Gasteiger partial charge in [0.15, 0.2) is 5.58 Å². The summed E-state index contributed by atoms with van der Waals surface area (Å²) in [5.41, 5.74) is 2.20.